The van der Waals surface area contributed by atoms with E-state index in [0.29, 0.717) is 27.3 Å². The summed E-state index contributed by atoms with van der Waals surface area (Å²) in [6.45, 7) is 5.45. The molecule has 2 aromatic heterocycles. The first-order chi connectivity index (χ1) is 15.7. The Morgan fingerprint density at radius 1 is 1.09 bits per heavy atom. The fourth-order valence-electron chi connectivity index (χ4n) is 4.02. The molecule has 1 amide bonds. The highest BCUT2D eigenvalue weighted by atomic mass is 32.1. The number of Topliss-reactive ketones (excluding diaryl/α,β-unsaturated/α-hetero) is 1. The standard InChI is InChI=1S/C25H19FN2O4S/c1-12-4-5-13(2)16(10-12)22(29)20-21(18-9-6-14(3)32-18)28(24(31)23(20)30)25-27-17-8-7-15(26)11-19(17)33-25/h4-11,21,29H,1-3H3. The summed E-state index contributed by atoms with van der Waals surface area (Å²) in [7, 11) is 0. The van der Waals surface area contributed by atoms with Crippen LogP contribution in [0.1, 0.15) is 34.3 Å². The summed E-state index contributed by atoms with van der Waals surface area (Å²) in [6.07, 6.45) is 0. The van der Waals surface area contributed by atoms with Crippen LogP contribution in [0.4, 0.5) is 9.52 Å². The molecule has 0 spiro atoms. The zero-order valence-electron chi connectivity index (χ0n) is 18.0. The topological polar surface area (TPSA) is 83.6 Å². The maximum absolute atomic E-state index is 13.7. The summed E-state index contributed by atoms with van der Waals surface area (Å²) in [5, 5.41) is 11.5. The number of aryl methyl sites for hydroxylation is 3. The van der Waals surface area contributed by atoms with E-state index in [1.165, 1.54) is 23.1 Å². The summed E-state index contributed by atoms with van der Waals surface area (Å²) in [4.78, 5) is 32.1. The van der Waals surface area contributed by atoms with Gasteiger partial charge in [0.15, 0.2) is 5.13 Å². The first-order valence-corrected chi connectivity index (χ1v) is 11.1. The van der Waals surface area contributed by atoms with Gasteiger partial charge in [-0.2, -0.15) is 0 Å². The van der Waals surface area contributed by atoms with Crippen molar-refractivity contribution in [3.63, 3.8) is 0 Å². The number of furan rings is 1. The molecule has 8 heteroatoms. The lowest BCUT2D eigenvalue weighted by molar-refractivity contribution is -0.132. The molecule has 0 saturated carbocycles. The molecular formula is C25H19FN2O4S. The zero-order chi connectivity index (χ0) is 23.4. The number of fused-ring (bicyclic) bond motifs is 1. The average Bonchev–Trinajstić information content (AvgIpc) is 3.45. The molecule has 3 heterocycles. The van der Waals surface area contributed by atoms with Gasteiger partial charge in [-0.25, -0.2) is 9.37 Å². The van der Waals surface area contributed by atoms with Crippen LogP contribution in [-0.4, -0.2) is 21.8 Å². The van der Waals surface area contributed by atoms with E-state index < -0.39 is 23.5 Å². The van der Waals surface area contributed by atoms with Crippen molar-refractivity contribution >= 4 is 44.1 Å². The molecule has 1 atom stereocenters. The second kappa shape index (κ2) is 7.67. The number of benzene rings is 2. The number of aliphatic hydroxyl groups is 1. The lowest BCUT2D eigenvalue weighted by atomic mass is 9.96. The van der Waals surface area contributed by atoms with Gasteiger partial charge in [-0.05, 0) is 62.7 Å². The quantitative estimate of drug-likeness (QED) is 0.244. The van der Waals surface area contributed by atoms with Gasteiger partial charge in [0.1, 0.15) is 29.1 Å². The van der Waals surface area contributed by atoms with Gasteiger partial charge in [0.05, 0.1) is 15.8 Å². The highest BCUT2D eigenvalue weighted by Crippen LogP contribution is 2.45. The van der Waals surface area contributed by atoms with Gasteiger partial charge >= 0.3 is 5.91 Å². The minimum Gasteiger partial charge on any atom is -0.507 e. The van der Waals surface area contributed by atoms with Crippen LogP contribution in [0.5, 0.6) is 0 Å². The molecule has 166 valence electrons. The van der Waals surface area contributed by atoms with E-state index in [4.69, 9.17) is 4.42 Å². The lowest BCUT2D eigenvalue weighted by Crippen LogP contribution is -2.29. The SMILES string of the molecule is Cc1ccc(C)c(C(O)=C2C(=O)C(=O)N(c3nc4ccc(F)cc4s3)C2c2ccc(C)o2)c1. The number of hydrogen-bond donors (Lipinski definition) is 1. The Morgan fingerprint density at radius 3 is 2.61 bits per heavy atom. The minimum atomic E-state index is -1.01. The van der Waals surface area contributed by atoms with Crippen LogP contribution in [0.3, 0.4) is 0 Å². The Balaban J connectivity index is 1.75. The van der Waals surface area contributed by atoms with E-state index in [0.717, 1.165) is 22.5 Å². The molecule has 0 aliphatic carbocycles. The van der Waals surface area contributed by atoms with Gasteiger partial charge in [0.25, 0.3) is 5.78 Å². The van der Waals surface area contributed by atoms with E-state index >= 15 is 0 Å². The van der Waals surface area contributed by atoms with E-state index in [2.05, 4.69) is 4.98 Å². The number of nitrogens with zero attached hydrogens (tertiary/aromatic N) is 2. The maximum Gasteiger partial charge on any atom is 0.302 e. The lowest BCUT2D eigenvalue weighted by Gasteiger charge is -2.21. The van der Waals surface area contributed by atoms with Crippen molar-refractivity contribution in [3.05, 3.63) is 88.1 Å². The first-order valence-electron chi connectivity index (χ1n) is 10.3. The molecule has 0 radical (unpaired) electrons. The molecule has 33 heavy (non-hydrogen) atoms. The molecule has 0 bridgehead atoms. The number of amides is 1. The number of halogens is 1. The smallest absolute Gasteiger partial charge is 0.302 e. The highest BCUT2D eigenvalue weighted by molar-refractivity contribution is 7.22. The molecule has 4 aromatic rings. The normalized spacial score (nSPS) is 17.9. The summed E-state index contributed by atoms with van der Waals surface area (Å²) in [5.41, 5.74) is 2.55. The van der Waals surface area contributed by atoms with Crippen LogP contribution in [0.25, 0.3) is 16.0 Å². The Kier molecular flexibility index (Phi) is 4.90. The Bertz CT molecular complexity index is 1480. The molecule has 1 N–H and O–H groups in total. The fourth-order valence-corrected chi connectivity index (χ4v) is 5.04. The molecule has 1 aliphatic heterocycles. The van der Waals surface area contributed by atoms with Crippen molar-refractivity contribution in [1.29, 1.82) is 0 Å². The van der Waals surface area contributed by atoms with Crippen molar-refractivity contribution in [2.45, 2.75) is 26.8 Å². The number of aromatic nitrogens is 1. The van der Waals surface area contributed by atoms with E-state index in [1.807, 2.05) is 26.0 Å². The monoisotopic (exact) mass is 462 g/mol. The van der Waals surface area contributed by atoms with Crippen molar-refractivity contribution in [2.75, 3.05) is 4.90 Å². The molecule has 1 saturated heterocycles. The predicted molar refractivity (Wildman–Crippen MR) is 124 cm³/mol. The second-order valence-electron chi connectivity index (χ2n) is 8.04. The molecule has 1 unspecified atom stereocenters. The third kappa shape index (κ3) is 3.43. The molecule has 1 fully saturated rings. The Labute approximate surface area is 192 Å². The largest absolute Gasteiger partial charge is 0.507 e. The third-order valence-electron chi connectivity index (χ3n) is 5.67. The molecule has 2 aromatic carbocycles. The summed E-state index contributed by atoms with van der Waals surface area (Å²) in [5.74, 6) is -1.45. The number of rotatable bonds is 3. The molecule has 1 aliphatic rings. The number of carbonyl (C=O) groups excluding carboxylic acids is 2. The maximum atomic E-state index is 13.7. The summed E-state index contributed by atoms with van der Waals surface area (Å²) in [6, 6.07) is 12.0. The number of anilines is 1. The zero-order valence-corrected chi connectivity index (χ0v) is 18.9. The minimum absolute atomic E-state index is 0.0755. The van der Waals surface area contributed by atoms with Crippen LogP contribution in [0, 0.1) is 26.6 Å². The van der Waals surface area contributed by atoms with Crippen molar-refractivity contribution in [1.82, 2.24) is 4.98 Å². The van der Waals surface area contributed by atoms with Crippen molar-refractivity contribution in [2.24, 2.45) is 0 Å². The van der Waals surface area contributed by atoms with E-state index in [-0.39, 0.29) is 16.5 Å². The van der Waals surface area contributed by atoms with E-state index in [9.17, 15) is 19.1 Å². The van der Waals surface area contributed by atoms with Gasteiger partial charge in [0.2, 0.25) is 0 Å². The average molecular weight is 463 g/mol. The van der Waals surface area contributed by atoms with Crippen LogP contribution in [0.2, 0.25) is 0 Å². The Hall–Kier alpha value is -3.78. The van der Waals surface area contributed by atoms with Crippen molar-refractivity contribution < 1.29 is 23.5 Å². The molecular weight excluding hydrogens is 443 g/mol. The number of hydrogen-bond acceptors (Lipinski definition) is 6. The number of thiazole rings is 1. The van der Waals surface area contributed by atoms with Gasteiger partial charge < -0.3 is 9.52 Å². The number of carbonyl (C=O) groups is 2. The summed E-state index contributed by atoms with van der Waals surface area (Å²) >= 11 is 1.09. The van der Waals surface area contributed by atoms with Crippen LogP contribution in [0.15, 0.2) is 58.5 Å². The summed E-state index contributed by atoms with van der Waals surface area (Å²) < 4.78 is 20.1. The fraction of sp³-hybridized carbons (Fsp3) is 0.160. The van der Waals surface area contributed by atoms with Crippen LogP contribution in [-0.2, 0) is 9.59 Å². The highest BCUT2D eigenvalue weighted by Gasteiger charge is 2.49. The molecule has 6 nitrogen and oxygen atoms in total. The first kappa shape index (κ1) is 21.1. The number of aliphatic hydroxyl groups excluding tert-OH is 1. The van der Waals surface area contributed by atoms with Crippen molar-refractivity contribution in [3.8, 4) is 0 Å². The second-order valence-corrected chi connectivity index (χ2v) is 9.05. The van der Waals surface area contributed by atoms with Gasteiger partial charge in [-0.1, -0.05) is 29.0 Å². The van der Waals surface area contributed by atoms with Crippen LogP contribution >= 0.6 is 11.3 Å². The van der Waals surface area contributed by atoms with Gasteiger partial charge in [-0.3, -0.25) is 14.5 Å². The predicted octanol–water partition coefficient (Wildman–Crippen LogP) is 5.58. The van der Waals surface area contributed by atoms with Gasteiger partial charge in [0, 0.05) is 5.56 Å². The Morgan fingerprint density at radius 2 is 1.88 bits per heavy atom. The molecule has 5 rings (SSSR count). The van der Waals surface area contributed by atoms with Gasteiger partial charge in [-0.15, -0.1) is 0 Å². The van der Waals surface area contributed by atoms with E-state index in [1.54, 1.807) is 25.1 Å². The van der Waals surface area contributed by atoms with Crippen LogP contribution < -0.4 is 4.90 Å². The number of ketones is 1. The third-order valence-corrected chi connectivity index (χ3v) is 6.69.